The molecule has 2 aliphatic rings. The Morgan fingerprint density at radius 3 is 2.45 bits per heavy atom. The first-order valence-corrected chi connectivity index (χ1v) is 14.7. The number of nitrogens with one attached hydrogen (secondary N) is 1. The molecule has 1 aliphatic heterocycles. The Morgan fingerprint density at radius 2 is 1.82 bits per heavy atom. The van der Waals surface area contributed by atoms with Crippen molar-refractivity contribution in [2.75, 3.05) is 26.7 Å². The number of aliphatic hydroxyl groups is 2. The summed E-state index contributed by atoms with van der Waals surface area (Å²) in [6, 6.07) is 10.8. The number of piperidine rings is 1. The van der Waals surface area contributed by atoms with Gasteiger partial charge in [-0.3, -0.25) is 14.4 Å². The van der Waals surface area contributed by atoms with E-state index in [9.17, 15) is 24.6 Å². The summed E-state index contributed by atoms with van der Waals surface area (Å²) in [7, 11) is 1.55. The normalized spacial score (nSPS) is 22.1. The van der Waals surface area contributed by atoms with Gasteiger partial charge in [0.2, 0.25) is 5.91 Å². The number of hydrogen-bond acceptors (Lipinski definition) is 5. The van der Waals surface area contributed by atoms with Crippen molar-refractivity contribution in [1.82, 2.24) is 14.8 Å². The molecule has 2 heterocycles. The molecule has 8 heteroatoms. The maximum atomic E-state index is 13.6. The van der Waals surface area contributed by atoms with Gasteiger partial charge < -0.3 is 25.0 Å². The Labute approximate surface area is 237 Å². The van der Waals surface area contributed by atoms with Gasteiger partial charge in [-0.2, -0.15) is 0 Å². The van der Waals surface area contributed by atoms with Crippen LogP contribution in [0.1, 0.15) is 75.6 Å². The van der Waals surface area contributed by atoms with Crippen LogP contribution < -0.4 is 10.9 Å². The Bertz CT molecular complexity index is 1230. The van der Waals surface area contributed by atoms with Crippen molar-refractivity contribution in [3.8, 4) is 11.1 Å². The fourth-order valence-electron chi connectivity index (χ4n) is 6.57. The SMILES string of the molecule is CNC(=O)c1cn(C[C@@]2(O)CCN(C(=O)[C@H](CCO)CC3CCCCC3)CC2(C)C)c(=O)cc1-c1ccccc1. The average molecular weight is 552 g/mol. The number of benzene rings is 1. The number of nitrogens with zero attached hydrogens (tertiary/aromatic N) is 2. The molecule has 0 spiro atoms. The van der Waals surface area contributed by atoms with E-state index in [2.05, 4.69) is 5.32 Å². The summed E-state index contributed by atoms with van der Waals surface area (Å²) in [5, 5.41) is 24.3. The number of pyridine rings is 1. The third kappa shape index (κ3) is 6.50. The van der Waals surface area contributed by atoms with E-state index < -0.39 is 11.0 Å². The fourth-order valence-corrected chi connectivity index (χ4v) is 6.57. The second-order valence-corrected chi connectivity index (χ2v) is 12.4. The molecule has 2 aromatic rings. The standard InChI is InChI=1S/C32H45N3O5/c1-31(2)21-34(30(39)25(14-17-36)18-23-10-6-4-7-11-23)16-15-32(31,40)22-35-20-27(29(38)33-3)26(19-28(35)37)24-12-8-5-9-13-24/h5,8-9,12-13,19-20,23,25,36,40H,4,6-7,10-11,14-18,21-22H2,1-3H3,(H,33,38)/t25-,32+/m1/s1. The van der Waals surface area contributed by atoms with Crippen LogP contribution in [0.15, 0.2) is 47.4 Å². The highest BCUT2D eigenvalue weighted by atomic mass is 16.3. The first-order valence-electron chi connectivity index (χ1n) is 14.7. The van der Waals surface area contributed by atoms with Gasteiger partial charge in [0.05, 0.1) is 17.7 Å². The molecule has 1 saturated heterocycles. The van der Waals surface area contributed by atoms with E-state index >= 15 is 0 Å². The van der Waals surface area contributed by atoms with Crippen molar-refractivity contribution in [2.24, 2.45) is 17.3 Å². The van der Waals surface area contributed by atoms with Crippen molar-refractivity contribution in [1.29, 1.82) is 0 Å². The van der Waals surface area contributed by atoms with Crippen molar-refractivity contribution >= 4 is 11.8 Å². The molecule has 2 fully saturated rings. The molecule has 2 amide bonds. The lowest BCUT2D eigenvalue weighted by Gasteiger charge is -2.51. The van der Waals surface area contributed by atoms with Gasteiger partial charge in [0, 0.05) is 55.9 Å². The Balaban J connectivity index is 1.54. The topological polar surface area (TPSA) is 112 Å². The molecule has 1 saturated carbocycles. The van der Waals surface area contributed by atoms with Crippen LogP contribution in [0.4, 0.5) is 0 Å². The number of carbonyl (C=O) groups excluding carboxylic acids is 2. The van der Waals surface area contributed by atoms with E-state index in [1.54, 1.807) is 7.05 Å². The first kappa shape index (κ1) is 30.0. The van der Waals surface area contributed by atoms with Crippen molar-refractivity contribution < 1.29 is 19.8 Å². The minimum atomic E-state index is -1.27. The lowest BCUT2D eigenvalue weighted by molar-refractivity contribution is -0.158. The molecule has 40 heavy (non-hydrogen) atoms. The summed E-state index contributed by atoms with van der Waals surface area (Å²) < 4.78 is 1.42. The van der Waals surface area contributed by atoms with E-state index in [1.807, 2.05) is 49.1 Å². The molecule has 8 nitrogen and oxygen atoms in total. The zero-order chi connectivity index (χ0) is 28.9. The van der Waals surface area contributed by atoms with Crippen LogP contribution >= 0.6 is 0 Å². The van der Waals surface area contributed by atoms with Crippen LogP contribution in [0.2, 0.25) is 0 Å². The second kappa shape index (κ2) is 12.7. The minimum Gasteiger partial charge on any atom is -0.396 e. The van der Waals surface area contributed by atoms with Crippen LogP contribution in [-0.4, -0.2) is 63.8 Å². The molecule has 2 atom stereocenters. The highest BCUT2D eigenvalue weighted by Crippen LogP contribution is 2.41. The van der Waals surface area contributed by atoms with Crippen molar-refractivity contribution in [3.05, 3.63) is 58.5 Å². The summed E-state index contributed by atoms with van der Waals surface area (Å²) in [6.45, 7) is 4.59. The second-order valence-electron chi connectivity index (χ2n) is 12.4. The fraction of sp³-hybridized carbons (Fsp3) is 0.594. The van der Waals surface area contributed by atoms with Gasteiger partial charge in [0.1, 0.15) is 0 Å². The molecule has 1 aromatic carbocycles. The number of aliphatic hydroxyl groups excluding tert-OH is 1. The lowest BCUT2D eigenvalue weighted by Crippen LogP contribution is -2.61. The number of likely N-dealkylation sites (tertiary alicyclic amines) is 1. The summed E-state index contributed by atoms with van der Waals surface area (Å²) in [4.78, 5) is 41.5. The molecule has 218 valence electrons. The Hall–Kier alpha value is -2.97. The monoisotopic (exact) mass is 551 g/mol. The molecule has 0 unspecified atom stereocenters. The average Bonchev–Trinajstić information content (AvgIpc) is 2.95. The first-order chi connectivity index (χ1) is 19.1. The molecule has 0 radical (unpaired) electrons. The van der Waals surface area contributed by atoms with Gasteiger partial charge in [-0.15, -0.1) is 0 Å². The van der Waals surface area contributed by atoms with Crippen molar-refractivity contribution in [3.63, 3.8) is 0 Å². The van der Waals surface area contributed by atoms with Crippen LogP contribution in [0.25, 0.3) is 11.1 Å². The van der Waals surface area contributed by atoms with E-state index in [1.165, 1.54) is 36.1 Å². The lowest BCUT2D eigenvalue weighted by atomic mass is 9.69. The van der Waals surface area contributed by atoms with Gasteiger partial charge in [0.15, 0.2) is 0 Å². The predicted molar refractivity (Wildman–Crippen MR) is 156 cm³/mol. The zero-order valence-electron chi connectivity index (χ0n) is 24.2. The Kier molecular flexibility index (Phi) is 9.52. The summed E-state index contributed by atoms with van der Waals surface area (Å²) >= 11 is 0. The van der Waals surface area contributed by atoms with Gasteiger partial charge >= 0.3 is 0 Å². The van der Waals surface area contributed by atoms with Gasteiger partial charge in [0.25, 0.3) is 11.5 Å². The summed E-state index contributed by atoms with van der Waals surface area (Å²) in [6.07, 6.45) is 9.10. The van der Waals surface area contributed by atoms with Crippen LogP contribution in [0.3, 0.4) is 0 Å². The minimum absolute atomic E-state index is 0.0140. The largest absolute Gasteiger partial charge is 0.396 e. The number of hydrogen-bond donors (Lipinski definition) is 3. The van der Waals surface area contributed by atoms with E-state index in [0.717, 1.165) is 24.8 Å². The van der Waals surface area contributed by atoms with Crippen LogP contribution in [0, 0.1) is 17.3 Å². The smallest absolute Gasteiger partial charge is 0.253 e. The highest BCUT2D eigenvalue weighted by Gasteiger charge is 2.49. The number of rotatable bonds is 9. The van der Waals surface area contributed by atoms with Crippen LogP contribution in [-0.2, 0) is 11.3 Å². The van der Waals surface area contributed by atoms with Gasteiger partial charge in [-0.1, -0.05) is 76.3 Å². The van der Waals surface area contributed by atoms with E-state index in [-0.39, 0.29) is 36.4 Å². The molecule has 1 aromatic heterocycles. The molecule has 1 aliphatic carbocycles. The summed E-state index contributed by atoms with van der Waals surface area (Å²) in [5.74, 6) is 0.0655. The quantitative estimate of drug-likeness (QED) is 0.439. The van der Waals surface area contributed by atoms with Gasteiger partial charge in [-0.25, -0.2) is 0 Å². The maximum Gasteiger partial charge on any atom is 0.253 e. The molecular formula is C32H45N3O5. The number of carbonyl (C=O) groups is 2. The van der Waals surface area contributed by atoms with Crippen molar-refractivity contribution in [2.45, 2.75) is 77.4 Å². The predicted octanol–water partition coefficient (Wildman–Crippen LogP) is 3.83. The highest BCUT2D eigenvalue weighted by molar-refractivity contribution is 6.00. The van der Waals surface area contributed by atoms with E-state index in [4.69, 9.17) is 0 Å². The molecular weight excluding hydrogens is 506 g/mol. The third-order valence-corrected chi connectivity index (χ3v) is 9.24. The zero-order valence-corrected chi connectivity index (χ0v) is 24.2. The summed E-state index contributed by atoms with van der Waals surface area (Å²) in [5.41, 5.74) is -0.609. The van der Waals surface area contributed by atoms with Crippen LogP contribution in [0.5, 0.6) is 0 Å². The number of amides is 2. The van der Waals surface area contributed by atoms with Gasteiger partial charge in [-0.05, 0) is 30.7 Å². The molecule has 0 bridgehead atoms. The Morgan fingerprint density at radius 1 is 1.12 bits per heavy atom. The number of aromatic nitrogens is 1. The maximum absolute atomic E-state index is 13.6. The van der Waals surface area contributed by atoms with E-state index in [0.29, 0.717) is 43.0 Å². The molecule has 3 N–H and O–H groups in total. The third-order valence-electron chi connectivity index (χ3n) is 9.24. The molecule has 4 rings (SSSR count).